The summed E-state index contributed by atoms with van der Waals surface area (Å²) in [5, 5.41) is 7.04. The van der Waals surface area contributed by atoms with E-state index in [4.69, 9.17) is 9.47 Å². The molecule has 0 spiro atoms. The van der Waals surface area contributed by atoms with Crippen molar-refractivity contribution in [3.8, 4) is 11.5 Å². The monoisotopic (exact) mass is 391 g/mol. The average Bonchev–Trinajstić information content (AvgIpc) is 3.19. The van der Waals surface area contributed by atoms with E-state index in [1.54, 1.807) is 41.3 Å². The molecule has 0 radical (unpaired) electrons. The molecule has 1 atom stereocenters. The van der Waals surface area contributed by atoms with Crippen LogP contribution in [0.5, 0.6) is 11.5 Å². The van der Waals surface area contributed by atoms with Gasteiger partial charge in [0.1, 0.15) is 6.61 Å². The minimum absolute atomic E-state index is 0.0498. The van der Waals surface area contributed by atoms with Crippen molar-refractivity contribution in [2.24, 2.45) is 0 Å². The van der Waals surface area contributed by atoms with Crippen LogP contribution < -0.4 is 14.8 Å². The highest BCUT2D eigenvalue weighted by Crippen LogP contribution is 2.31. The van der Waals surface area contributed by atoms with Crippen molar-refractivity contribution in [1.82, 2.24) is 9.78 Å². The molecule has 0 aliphatic carbocycles. The molecule has 0 saturated heterocycles. The van der Waals surface area contributed by atoms with Gasteiger partial charge in [0.25, 0.3) is 0 Å². The molecule has 3 aromatic rings. The van der Waals surface area contributed by atoms with Crippen LogP contribution in [0.3, 0.4) is 0 Å². The maximum atomic E-state index is 12.1. The average molecular weight is 391 g/mol. The second kappa shape index (κ2) is 8.60. The van der Waals surface area contributed by atoms with Gasteiger partial charge in [-0.15, -0.1) is 0 Å². The molecule has 2 heterocycles. The Hall–Kier alpha value is -3.61. The van der Waals surface area contributed by atoms with Crippen LogP contribution in [0, 0.1) is 0 Å². The van der Waals surface area contributed by atoms with Crippen LogP contribution in [0.4, 0.5) is 5.69 Å². The van der Waals surface area contributed by atoms with Crippen LogP contribution in [0.2, 0.25) is 0 Å². The molecule has 148 valence electrons. The molecule has 1 aliphatic rings. The molecule has 1 N–H and O–H groups in total. The smallest absolute Gasteiger partial charge is 0.224 e. The fourth-order valence-electron chi connectivity index (χ4n) is 3.11. The molecule has 29 heavy (non-hydrogen) atoms. The van der Waals surface area contributed by atoms with Gasteiger partial charge in [-0.1, -0.05) is 42.5 Å². The van der Waals surface area contributed by atoms with Crippen LogP contribution in [-0.4, -0.2) is 34.2 Å². The molecule has 0 unspecified atom stereocenters. The van der Waals surface area contributed by atoms with Gasteiger partial charge in [-0.05, 0) is 12.1 Å². The third-order valence-corrected chi connectivity index (χ3v) is 4.55. The number of carbonyl (C=O) groups is 2. The maximum Gasteiger partial charge on any atom is 0.224 e. The molecule has 7 heteroatoms. The molecular formula is C22H21N3O4. The van der Waals surface area contributed by atoms with E-state index in [9.17, 15) is 9.59 Å². The second-order valence-corrected chi connectivity index (χ2v) is 6.79. The Balaban J connectivity index is 1.26. The fourth-order valence-corrected chi connectivity index (χ4v) is 3.11. The summed E-state index contributed by atoms with van der Waals surface area (Å²) in [4.78, 5) is 24.2. The van der Waals surface area contributed by atoms with Crippen molar-refractivity contribution < 1.29 is 19.1 Å². The molecule has 4 rings (SSSR count). The van der Waals surface area contributed by atoms with Crippen molar-refractivity contribution in [3.05, 3.63) is 72.6 Å². The summed E-state index contributed by atoms with van der Waals surface area (Å²) in [6, 6.07) is 16.5. The van der Waals surface area contributed by atoms with Crippen molar-refractivity contribution in [1.29, 1.82) is 0 Å². The zero-order valence-electron chi connectivity index (χ0n) is 15.8. The SMILES string of the molecule is O=C(CCC(=O)c1ccccc1)Nc1cnn(C[C@H]2COc3ccccc3O2)c1. The van der Waals surface area contributed by atoms with E-state index in [0.717, 1.165) is 5.75 Å². The number of nitrogens with zero attached hydrogens (tertiary/aromatic N) is 2. The van der Waals surface area contributed by atoms with E-state index in [1.165, 1.54) is 0 Å². The zero-order valence-corrected chi connectivity index (χ0v) is 15.8. The van der Waals surface area contributed by atoms with E-state index in [0.29, 0.717) is 30.2 Å². The summed E-state index contributed by atoms with van der Waals surface area (Å²) in [6.45, 7) is 0.927. The predicted molar refractivity (Wildman–Crippen MR) is 107 cm³/mol. The van der Waals surface area contributed by atoms with Gasteiger partial charge in [-0.25, -0.2) is 0 Å². The number of hydrogen-bond acceptors (Lipinski definition) is 5. The van der Waals surface area contributed by atoms with Crippen molar-refractivity contribution in [3.63, 3.8) is 0 Å². The van der Waals surface area contributed by atoms with E-state index in [1.807, 2.05) is 30.3 Å². The molecule has 0 saturated carbocycles. The van der Waals surface area contributed by atoms with Gasteiger partial charge >= 0.3 is 0 Å². The highest BCUT2D eigenvalue weighted by Gasteiger charge is 2.21. The topological polar surface area (TPSA) is 82.5 Å². The number of carbonyl (C=O) groups excluding carboxylic acids is 2. The third kappa shape index (κ3) is 4.82. The van der Waals surface area contributed by atoms with Crippen LogP contribution in [0.25, 0.3) is 0 Å². The number of amides is 1. The molecular weight excluding hydrogens is 370 g/mol. The van der Waals surface area contributed by atoms with E-state index < -0.39 is 0 Å². The number of hydrogen-bond donors (Lipinski definition) is 1. The largest absolute Gasteiger partial charge is 0.486 e. The number of aromatic nitrogens is 2. The number of ketones is 1. The van der Waals surface area contributed by atoms with Crippen molar-refractivity contribution >= 4 is 17.4 Å². The molecule has 1 aromatic heterocycles. The summed E-state index contributed by atoms with van der Waals surface area (Å²) in [6.07, 6.45) is 3.43. The maximum absolute atomic E-state index is 12.1. The number of anilines is 1. The lowest BCUT2D eigenvalue weighted by Gasteiger charge is -2.26. The Labute approximate surface area is 168 Å². The minimum Gasteiger partial charge on any atom is -0.486 e. The molecule has 1 amide bonds. The van der Waals surface area contributed by atoms with Gasteiger partial charge in [-0.2, -0.15) is 5.10 Å². The second-order valence-electron chi connectivity index (χ2n) is 6.79. The number of benzene rings is 2. The molecule has 2 aromatic carbocycles. The van der Waals surface area contributed by atoms with Crippen LogP contribution in [0.15, 0.2) is 67.0 Å². The number of rotatable bonds is 7. The normalized spacial score (nSPS) is 15.0. The molecule has 0 bridgehead atoms. The van der Waals surface area contributed by atoms with Gasteiger partial charge in [-0.3, -0.25) is 14.3 Å². The first-order valence-electron chi connectivity index (χ1n) is 9.46. The predicted octanol–water partition coefficient (Wildman–Crippen LogP) is 3.32. The van der Waals surface area contributed by atoms with Gasteiger partial charge in [0, 0.05) is 24.6 Å². The lowest BCUT2D eigenvalue weighted by Crippen LogP contribution is -2.33. The van der Waals surface area contributed by atoms with Gasteiger partial charge < -0.3 is 14.8 Å². The first-order valence-corrected chi connectivity index (χ1v) is 9.46. The Bertz CT molecular complexity index is 1000. The summed E-state index contributed by atoms with van der Waals surface area (Å²) < 4.78 is 13.3. The summed E-state index contributed by atoms with van der Waals surface area (Å²) >= 11 is 0. The first-order chi connectivity index (χ1) is 14.2. The Morgan fingerprint density at radius 1 is 1.03 bits per heavy atom. The quantitative estimate of drug-likeness (QED) is 0.625. The Morgan fingerprint density at radius 3 is 2.62 bits per heavy atom. The number of ether oxygens (including phenoxy) is 2. The standard InChI is InChI=1S/C22H21N3O4/c26-19(16-6-2-1-3-7-16)10-11-22(27)24-17-12-23-25(13-17)14-18-15-28-20-8-4-5-9-21(20)29-18/h1-9,12-13,18H,10-11,14-15H2,(H,24,27)/t18-/m0/s1. The molecule has 7 nitrogen and oxygen atoms in total. The lowest BCUT2D eigenvalue weighted by atomic mass is 10.1. The van der Waals surface area contributed by atoms with Gasteiger partial charge in [0.15, 0.2) is 23.4 Å². The van der Waals surface area contributed by atoms with Crippen molar-refractivity contribution in [2.75, 3.05) is 11.9 Å². The van der Waals surface area contributed by atoms with Crippen LogP contribution in [0.1, 0.15) is 23.2 Å². The Kier molecular flexibility index (Phi) is 5.56. The summed E-state index contributed by atoms with van der Waals surface area (Å²) in [7, 11) is 0. The van der Waals surface area contributed by atoms with Crippen LogP contribution >= 0.6 is 0 Å². The number of Topliss-reactive ketones (excluding diaryl/α,β-unsaturated/α-hetero) is 1. The summed E-state index contributed by atoms with van der Waals surface area (Å²) in [5.74, 6) is 1.18. The number of nitrogens with one attached hydrogen (secondary N) is 1. The third-order valence-electron chi connectivity index (χ3n) is 4.55. The number of fused-ring (bicyclic) bond motifs is 1. The zero-order chi connectivity index (χ0) is 20.1. The highest BCUT2D eigenvalue weighted by atomic mass is 16.6. The number of para-hydroxylation sites is 2. The fraction of sp³-hybridized carbons (Fsp3) is 0.227. The van der Waals surface area contributed by atoms with E-state index >= 15 is 0 Å². The van der Waals surface area contributed by atoms with Crippen molar-refractivity contribution in [2.45, 2.75) is 25.5 Å². The van der Waals surface area contributed by atoms with Crippen LogP contribution in [-0.2, 0) is 11.3 Å². The van der Waals surface area contributed by atoms with Gasteiger partial charge in [0.05, 0.1) is 18.4 Å². The summed E-state index contributed by atoms with van der Waals surface area (Å²) in [5.41, 5.74) is 1.20. The van der Waals surface area contributed by atoms with E-state index in [-0.39, 0.29) is 30.6 Å². The molecule has 1 aliphatic heterocycles. The van der Waals surface area contributed by atoms with E-state index in [2.05, 4.69) is 10.4 Å². The lowest BCUT2D eigenvalue weighted by molar-refractivity contribution is -0.116. The first kappa shape index (κ1) is 18.7. The minimum atomic E-state index is -0.222. The van der Waals surface area contributed by atoms with Gasteiger partial charge in [0.2, 0.25) is 5.91 Å². The molecule has 0 fully saturated rings. The Morgan fingerprint density at radius 2 is 1.79 bits per heavy atom. The highest BCUT2D eigenvalue weighted by molar-refractivity contribution is 5.99.